The van der Waals surface area contributed by atoms with Crippen LogP contribution in [0.15, 0.2) is 42.7 Å². The van der Waals surface area contributed by atoms with Crippen LogP contribution in [0.5, 0.6) is 5.75 Å². The van der Waals surface area contributed by atoms with Crippen LogP contribution < -0.4 is 4.74 Å². The summed E-state index contributed by atoms with van der Waals surface area (Å²) in [6.07, 6.45) is 4.44. The molecule has 2 heterocycles. The van der Waals surface area contributed by atoms with Crippen LogP contribution in [0.1, 0.15) is 10.4 Å². The maximum absolute atomic E-state index is 11.3. The van der Waals surface area contributed by atoms with Crippen LogP contribution >= 0.6 is 0 Å². The number of carbonyl (C=O) groups excluding carboxylic acids is 1. The topological polar surface area (TPSA) is 44.1 Å². The number of aldehydes is 1. The lowest BCUT2D eigenvalue weighted by Gasteiger charge is -2.06. The first-order chi connectivity index (χ1) is 9.74. The molecule has 4 nitrogen and oxygen atoms in total. The molecule has 0 aliphatic heterocycles. The number of methoxy groups -OCH3 is 1. The molecular weight excluding hydrogens is 252 g/mol. The van der Waals surface area contributed by atoms with Crippen molar-refractivity contribution in [2.24, 2.45) is 7.05 Å². The molecule has 0 atom stereocenters. The lowest BCUT2D eigenvalue weighted by atomic mass is 10.0. The van der Waals surface area contributed by atoms with E-state index in [1.165, 1.54) is 0 Å². The lowest BCUT2D eigenvalue weighted by Crippen LogP contribution is -1.89. The van der Waals surface area contributed by atoms with E-state index in [1.54, 1.807) is 19.5 Å². The van der Waals surface area contributed by atoms with Crippen LogP contribution in [0.3, 0.4) is 0 Å². The smallest absolute Gasteiger partial charge is 0.152 e. The van der Waals surface area contributed by atoms with Crippen molar-refractivity contribution in [3.63, 3.8) is 0 Å². The normalized spacial score (nSPS) is 10.7. The third kappa shape index (κ3) is 1.86. The Hall–Kier alpha value is -2.62. The Balaban J connectivity index is 2.27. The van der Waals surface area contributed by atoms with Crippen molar-refractivity contribution in [2.45, 2.75) is 0 Å². The first-order valence-corrected chi connectivity index (χ1v) is 6.28. The van der Waals surface area contributed by atoms with Crippen LogP contribution in [0, 0.1) is 0 Å². The predicted molar refractivity (Wildman–Crippen MR) is 78.1 cm³/mol. The zero-order valence-electron chi connectivity index (χ0n) is 11.3. The first kappa shape index (κ1) is 12.4. The lowest BCUT2D eigenvalue weighted by molar-refractivity contribution is 0.112. The van der Waals surface area contributed by atoms with Crippen LogP contribution in [-0.2, 0) is 7.05 Å². The molecule has 3 aromatic rings. The monoisotopic (exact) mass is 266 g/mol. The SMILES string of the molecule is COc1ccc(-c2ccnc3c2c(C=O)cn3C)cc1. The molecule has 0 aliphatic carbocycles. The minimum Gasteiger partial charge on any atom is -0.497 e. The van der Waals surface area contributed by atoms with E-state index in [9.17, 15) is 4.79 Å². The molecule has 0 aliphatic rings. The third-order valence-corrected chi connectivity index (χ3v) is 3.41. The number of aryl methyl sites for hydroxylation is 1. The van der Waals surface area contributed by atoms with Gasteiger partial charge in [-0.1, -0.05) is 12.1 Å². The number of hydrogen-bond donors (Lipinski definition) is 0. The van der Waals surface area contributed by atoms with Gasteiger partial charge in [0.2, 0.25) is 0 Å². The Morgan fingerprint density at radius 2 is 1.95 bits per heavy atom. The number of ether oxygens (including phenoxy) is 1. The number of rotatable bonds is 3. The van der Waals surface area contributed by atoms with Crippen molar-refractivity contribution >= 4 is 17.3 Å². The van der Waals surface area contributed by atoms with Gasteiger partial charge < -0.3 is 9.30 Å². The zero-order valence-corrected chi connectivity index (χ0v) is 11.3. The molecule has 4 heteroatoms. The highest BCUT2D eigenvalue weighted by Gasteiger charge is 2.12. The summed E-state index contributed by atoms with van der Waals surface area (Å²) < 4.78 is 7.04. The molecule has 0 amide bonds. The second kappa shape index (κ2) is 4.81. The molecule has 0 spiro atoms. The highest BCUT2D eigenvalue weighted by molar-refractivity contribution is 6.04. The van der Waals surface area contributed by atoms with Gasteiger partial charge in [0.1, 0.15) is 11.4 Å². The van der Waals surface area contributed by atoms with Crippen LogP contribution in [0.2, 0.25) is 0 Å². The molecule has 3 rings (SSSR count). The van der Waals surface area contributed by atoms with Gasteiger partial charge in [0, 0.05) is 30.4 Å². The minimum absolute atomic E-state index is 0.654. The Kier molecular flexibility index (Phi) is 2.99. The van der Waals surface area contributed by atoms with E-state index in [4.69, 9.17) is 4.74 Å². The number of benzene rings is 1. The van der Waals surface area contributed by atoms with Gasteiger partial charge in [0.15, 0.2) is 6.29 Å². The molecular formula is C16H14N2O2. The second-order valence-electron chi connectivity index (χ2n) is 4.60. The summed E-state index contributed by atoms with van der Waals surface area (Å²) in [6.45, 7) is 0. The fraction of sp³-hybridized carbons (Fsp3) is 0.125. The molecule has 0 fully saturated rings. The second-order valence-corrected chi connectivity index (χ2v) is 4.60. The van der Waals surface area contributed by atoms with E-state index >= 15 is 0 Å². The summed E-state index contributed by atoms with van der Waals surface area (Å²) in [7, 11) is 3.53. The Labute approximate surface area is 116 Å². The highest BCUT2D eigenvalue weighted by Crippen LogP contribution is 2.31. The van der Waals surface area contributed by atoms with E-state index in [0.29, 0.717) is 5.56 Å². The number of hydrogen-bond acceptors (Lipinski definition) is 3. The van der Waals surface area contributed by atoms with Crippen molar-refractivity contribution < 1.29 is 9.53 Å². The number of aromatic nitrogens is 2. The van der Waals surface area contributed by atoms with Gasteiger partial charge in [-0.2, -0.15) is 0 Å². The predicted octanol–water partition coefficient (Wildman–Crippen LogP) is 3.06. The average Bonchev–Trinajstić information content (AvgIpc) is 2.84. The largest absolute Gasteiger partial charge is 0.497 e. The van der Waals surface area contributed by atoms with Gasteiger partial charge in [-0.3, -0.25) is 4.79 Å². The highest BCUT2D eigenvalue weighted by atomic mass is 16.5. The van der Waals surface area contributed by atoms with Crippen LogP contribution in [0.25, 0.3) is 22.2 Å². The van der Waals surface area contributed by atoms with Crippen molar-refractivity contribution in [3.05, 3.63) is 48.3 Å². The van der Waals surface area contributed by atoms with E-state index in [2.05, 4.69) is 4.98 Å². The molecule has 20 heavy (non-hydrogen) atoms. The molecule has 0 saturated carbocycles. The summed E-state index contributed by atoms with van der Waals surface area (Å²) in [5.74, 6) is 0.808. The Morgan fingerprint density at radius 3 is 2.60 bits per heavy atom. The first-order valence-electron chi connectivity index (χ1n) is 6.28. The summed E-state index contributed by atoms with van der Waals surface area (Å²) >= 11 is 0. The van der Waals surface area contributed by atoms with Crippen molar-refractivity contribution in [1.82, 2.24) is 9.55 Å². The summed E-state index contributed by atoms with van der Waals surface area (Å²) in [4.78, 5) is 15.6. The maximum atomic E-state index is 11.3. The molecule has 0 unspecified atom stereocenters. The summed E-state index contributed by atoms with van der Waals surface area (Å²) in [5, 5.41) is 0.884. The van der Waals surface area contributed by atoms with Gasteiger partial charge in [0.05, 0.1) is 7.11 Å². The maximum Gasteiger partial charge on any atom is 0.152 e. The average molecular weight is 266 g/mol. The van der Waals surface area contributed by atoms with Crippen LogP contribution in [0.4, 0.5) is 0 Å². The van der Waals surface area contributed by atoms with Crippen molar-refractivity contribution in [1.29, 1.82) is 0 Å². The van der Waals surface area contributed by atoms with Gasteiger partial charge in [-0.25, -0.2) is 4.98 Å². The van der Waals surface area contributed by atoms with E-state index in [0.717, 1.165) is 34.2 Å². The molecule has 0 bridgehead atoms. The Bertz CT molecular complexity index is 773. The number of carbonyl (C=O) groups is 1. The standard InChI is InChI=1S/C16H14N2O2/c1-18-9-12(10-19)15-14(7-8-17-16(15)18)11-3-5-13(20-2)6-4-11/h3-10H,1-2H3. The van der Waals surface area contributed by atoms with E-state index < -0.39 is 0 Å². The van der Waals surface area contributed by atoms with Gasteiger partial charge >= 0.3 is 0 Å². The quantitative estimate of drug-likeness (QED) is 0.684. The fourth-order valence-electron chi connectivity index (χ4n) is 2.44. The number of fused-ring (bicyclic) bond motifs is 1. The molecule has 0 N–H and O–H groups in total. The molecule has 0 saturated heterocycles. The number of pyridine rings is 1. The molecule has 2 aromatic heterocycles. The van der Waals surface area contributed by atoms with E-state index in [-0.39, 0.29) is 0 Å². The van der Waals surface area contributed by atoms with Crippen LogP contribution in [-0.4, -0.2) is 22.9 Å². The molecule has 100 valence electrons. The van der Waals surface area contributed by atoms with Gasteiger partial charge in [-0.05, 0) is 29.3 Å². The summed E-state index contributed by atoms with van der Waals surface area (Å²) in [5.41, 5.74) is 3.50. The summed E-state index contributed by atoms with van der Waals surface area (Å²) in [6, 6.07) is 9.71. The van der Waals surface area contributed by atoms with Gasteiger partial charge in [0.25, 0.3) is 0 Å². The van der Waals surface area contributed by atoms with Crippen molar-refractivity contribution in [2.75, 3.05) is 7.11 Å². The van der Waals surface area contributed by atoms with E-state index in [1.807, 2.05) is 41.9 Å². The van der Waals surface area contributed by atoms with Crippen molar-refractivity contribution in [3.8, 4) is 16.9 Å². The number of nitrogens with zero attached hydrogens (tertiary/aromatic N) is 2. The third-order valence-electron chi connectivity index (χ3n) is 3.41. The minimum atomic E-state index is 0.654. The molecule has 1 aromatic carbocycles. The molecule has 0 radical (unpaired) electrons. The fourth-order valence-corrected chi connectivity index (χ4v) is 2.44. The zero-order chi connectivity index (χ0) is 14.1. The Morgan fingerprint density at radius 1 is 1.20 bits per heavy atom. The van der Waals surface area contributed by atoms with Gasteiger partial charge in [-0.15, -0.1) is 0 Å².